The molecule has 0 saturated heterocycles. The second-order valence-corrected chi connectivity index (χ2v) is 11.9. The van der Waals surface area contributed by atoms with Crippen LogP contribution < -0.4 is 14.8 Å². The zero-order valence-electron chi connectivity index (χ0n) is 22.1. The molecule has 0 unspecified atom stereocenters. The van der Waals surface area contributed by atoms with Gasteiger partial charge in [-0.1, -0.05) is 85.6 Å². The molecule has 0 fully saturated rings. The van der Waals surface area contributed by atoms with Crippen molar-refractivity contribution in [2.24, 2.45) is 5.41 Å². The number of ether oxygens (including phenoxy) is 2. The van der Waals surface area contributed by atoms with Crippen LogP contribution in [-0.4, -0.2) is 12.9 Å². The molecule has 0 aromatic heterocycles. The Balaban J connectivity index is 1.51. The predicted molar refractivity (Wildman–Crippen MR) is 159 cm³/mol. The molecule has 0 spiro atoms. The zero-order valence-corrected chi connectivity index (χ0v) is 23.6. The smallest absolute Gasteiger partial charge is 0.167 e. The summed E-state index contributed by atoms with van der Waals surface area (Å²) in [5.74, 6) is 1.33. The number of carbonyl (C=O) groups is 1. The lowest BCUT2D eigenvalue weighted by atomic mass is 9.67. The van der Waals surface area contributed by atoms with Crippen molar-refractivity contribution in [2.45, 2.75) is 39.3 Å². The van der Waals surface area contributed by atoms with Crippen molar-refractivity contribution in [3.63, 3.8) is 0 Å². The molecule has 0 bridgehead atoms. The van der Waals surface area contributed by atoms with Crippen molar-refractivity contribution in [1.29, 1.82) is 0 Å². The number of benzene rings is 4. The Labute approximate surface area is 238 Å². The first-order valence-corrected chi connectivity index (χ1v) is 13.8. The van der Waals surface area contributed by atoms with E-state index in [9.17, 15) is 4.79 Å². The molecule has 1 atom stereocenters. The van der Waals surface area contributed by atoms with E-state index in [4.69, 9.17) is 32.7 Å². The third-order valence-corrected chi connectivity index (χ3v) is 8.25. The molecular formula is C33H29Cl2NO3. The van der Waals surface area contributed by atoms with E-state index in [1.807, 2.05) is 30.3 Å². The number of ketones is 1. The lowest BCUT2D eigenvalue weighted by molar-refractivity contribution is -0.118. The minimum atomic E-state index is -0.386. The number of para-hydroxylation sites is 1. The van der Waals surface area contributed by atoms with Gasteiger partial charge in [0.05, 0.1) is 13.2 Å². The summed E-state index contributed by atoms with van der Waals surface area (Å²) in [5.41, 5.74) is 5.57. The number of anilines is 1. The Morgan fingerprint density at radius 2 is 1.79 bits per heavy atom. The molecule has 198 valence electrons. The van der Waals surface area contributed by atoms with Gasteiger partial charge in [0, 0.05) is 44.4 Å². The van der Waals surface area contributed by atoms with Crippen molar-refractivity contribution in [3.05, 3.63) is 105 Å². The van der Waals surface area contributed by atoms with Crippen molar-refractivity contribution in [3.8, 4) is 11.5 Å². The Morgan fingerprint density at radius 3 is 2.59 bits per heavy atom. The molecular weight excluding hydrogens is 529 g/mol. The SMILES string of the molecule is COc1cccc([C@@H]2Nc3ccc4ccccc4c3C3=C2C(=O)CC(C)(C)C3)c1OCc1ccc(Cl)cc1Cl. The summed E-state index contributed by atoms with van der Waals surface area (Å²) in [6.45, 7) is 4.57. The van der Waals surface area contributed by atoms with E-state index in [1.54, 1.807) is 19.2 Å². The van der Waals surface area contributed by atoms with Crippen LogP contribution >= 0.6 is 23.2 Å². The van der Waals surface area contributed by atoms with Crippen molar-refractivity contribution >= 4 is 51.0 Å². The number of allylic oxidation sites excluding steroid dienone is 1. The molecule has 2 aliphatic rings. The second-order valence-electron chi connectivity index (χ2n) is 11.0. The molecule has 1 aliphatic carbocycles. The van der Waals surface area contributed by atoms with Gasteiger partial charge in [0.1, 0.15) is 6.61 Å². The summed E-state index contributed by atoms with van der Waals surface area (Å²) in [4.78, 5) is 13.9. The van der Waals surface area contributed by atoms with Crippen molar-refractivity contribution in [2.75, 3.05) is 12.4 Å². The maximum Gasteiger partial charge on any atom is 0.167 e. The highest BCUT2D eigenvalue weighted by Gasteiger charge is 2.41. The van der Waals surface area contributed by atoms with E-state index in [0.29, 0.717) is 28.0 Å². The number of hydrogen-bond acceptors (Lipinski definition) is 4. The first-order chi connectivity index (χ1) is 18.8. The molecule has 4 aromatic carbocycles. The van der Waals surface area contributed by atoms with E-state index in [0.717, 1.165) is 50.7 Å². The Hall–Kier alpha value is -3.47. The average Bonchev–Trinajstić information content (AvgIpc) is 2.91. The number of halogens is 2. The maximum atomic E-state index is 13.9. The normalized spacial score (nSPS) is 17.9. The van der Waals surface area contributed by atoms with Crippen LogP contribution in [0.1, 0.15) is 49.4 Å². The highest BCUT2D eigenvalue weighted by molar-refractivity contribution is 6.35. The van der Waals surface area contributed by atoms with Gasteiger partial charge in [-0.25, -0.2) is 0 Å². The molecule has 0 saturated carbocycles. The fourth-order valence-electron chi connectivity index (χ4n) is 5.93. The molecule has 1 aliphatic heterocycles. The maximum absolute atomic E-state index is 13.9. The Morgan fingerprint density at radius 1 is 0.974 bits per heavy atom. The Bertz CT molecular complexity index is 1660. The summed E-state index contributed by atoms with van der Waals surface area (Å²) >= 11 is 12.5. The third kappa shape index (κ3) is 4.66. The van der Waals surface area contributed by atoms with Gasteiger partial charge >= 0.3 is 0 Å². The molecule has 0 radical (unpaired) electrons. The largest absolute Gasteiger partial charge is 0.493 e. The first-order valence-electron chi connectivity index (χ1n) is 13.0. The van der Waals surface area contributed by atoms with Crippen molar-refractivity contribution < 1.29 is 14.3 Å². The van der Waals surface area contributed by atoms with E-state index >= 15 is 0 Å². The van der Waals surface area contributed by atoms with Crippen LogP contribution in [0.25, 0.3) is 16.3 Å². The molecule has 6 heteroatoms. The zero-order chi connectivity index (χ0) is 27.3. The predicted octanol–water partition coefficient (Wildman–Crippen LogP) is 9.04. The number of carbonyl (C=O) groups excluding carboxylic acids is 1. The van der Waals surface area contributed by atoms with E-state index in [2.05, 4.69) is 49.5 Å². The van der Waals surface area contributed by atoms with Gasteiger partial charge < -0.3 is 14.8 Å². The van der Waals surface area contributed by atoms with Crippen LogP contribution in [0.4, 0.5) is 5.69 Å². The average molecular weight is 559 g/mol. The fourth-order valence-corrected chi connectivity index (χ4v) is 6.40. The fraction of sp³-hybridized carbons (Fsp3) is 0.242. The summed E-state index contributed by atoms with van der Waals surface area (Å²) in [6.07, 6.45) is 1.30. The van der Waals surface area contributed by atoms with Crippen LogP contribution in [0.3, 0.4) is 0 Å². The van der Waals surface area contributed by atoms with Gasteiger partial charge in [-0.2, -0.15) is 0 Å². The van der Waals surface area contributed by atoms with E-state index in [1.165, 1.54) is 0 Å². The molecule has 6 rings (SSSR count). The lowest BCUT2D eigenvalue weighted by Crippen LogP contribution is -2.33. The third-order valence-electron chi connectivity index (χ3n) is 7.67. The number of fused-ring (bicyclic) bond motifs is 4. The topological polar surface area (TPSA) is 47.6 Å². The number of hydrogen-bond donors (Lipinski definition) is 1. The Kier molecular flexibility index (Phi) is 6.57. The number of methoxy groups -OCH3 is 1. The monoisotopic (exact) mass is 557 g/mol. The number of Topliss-reactive ketones (excluding diaryl/α,β-unsaturated/α-hetero) is 1. The van der Waals surface area contributed by atoms with Gasteiger partial charge in [0.15, 0.2) is 17.3 Å². The van der Waals surface area contributed by atoms with E-state index in [-0.39, 0.29) is 23.8 Å². The highest BCUT2D eigenvalue weighted by atomic mass is 35.5. The summed E-state index contributed by atoms with van der Waals surface area (Å²) < 4.78 is 12.1. The number of rotatable bonds is 5. The molecule has 1 heterocycles. The minimum absolute atomic E-state index is 0.134. The van der Waals surface area contributed by atoms with E-state index < -0.39 is 0 Å². The van der Waals surface area contributed by atoms with Crippen LogP contribution in [0.2, 0.25) is 10.0 Å². The summed E-state index contributed by atoms with van der Waals surface area (Å²) in [6, 6.07) is 23.4. The van der Waals surface area contributed by atoms with Gasteiger partial charge in [0.2, 0.25) is 0 Å². The van der Waals surface area contributed by atoms with Crippen LogP contribution in [-0.2, 0) is 11.4 Å². The molecule has 1 N–H and O–H groups in total. The molecule has 4 aromatic rings. The first kappa shape index (κ1) is 25.8. The summed E-state index contributed by atoms with van der Waals surface area (Å²) in [7, 11) is 1.62. The standard InChI is InChI=1S/C33H29Cl2NO3/c1-33(2)16-24-29-22-8-5-4-7-19(22)12-14-26(29)36-31(30(24)27(37)17-33)23-9-6-10-28(38-3)32(23)39-18-20-11-13-21(34)15-25(20)35/h4-15,31,36H,16-18H2,1-3H3/t31-/m0/s1. The van der Waals surface area contributed by atoms with Gasteiger partial charge in [0.25, 0.3) is 0 Å². The quantitative estimate of drug-likeness (QED) is 0.266. The van der Waals surface area contributed by atoms with Crippen LogP contribution in [0.5, 0.6) is 11.5 Å². The van der Waals surface area contributed by atoms with Crippen LogP contribution in [0.15, 0.2) is 78.4 Å². The summed E-state index contributed by atoms with van der Waals surface area (Å²) in [5, 5.41) is 7.12. The highest BCUT2D eigenvalue weighted by Crippen LogP contribution is 2.53. The molecule has 39 heavy (non-hydrogen) atoms. The minimum Gasteiger partial charge on any atom is -0.493 e. The van der Waals surface area contributed by atoms with Crippen molar-refractivity contribution in [1.82, 2.24) is 0 Å². The van der Waals surface area contributed by atoms with Gasteiger partial charge in [-0.05, 0) is 52.4 Å². The lowest BCUT2D eigenvalue weighted by Gasteiger charge is -2.40. The number of nitrogens with one attached hydrogen (secondary N) is 1. The van der Waals surface area contributed by atoms with Crippen LogP contribution in [0, 0.1) is 5.41 Å². The molecule has 0 amide bonds. The second kappa shape index (κ2) is 9.93. The van der Waals surface area contributed by atoms with Gasteiger partial charge in [-0.3, -0.25) is 4.79 Å². The van der Waals surface area contributed by atoms with Gasteiger partial charge in [-0.15, -0.1) is 0 Å². The molecule has 4 nitrogen and oxygen atoms in total.